The second kappa shape index (κ2) is 6.75. The van der Waals surface area contributed by atoms with E-state index < -0.39 is 0 Å². The van der Waals surface area contributed by atoms with Gasteiger partial charge in [-0.15, -0.1) is 0 Å². The van der Waals surface area contributed by atoms with Gasteiger partial charge in [0.2, 0.25) is 0 Å². The van der Waals surface area contributed by atoms with Crippen molar-refractivity contribution in [3.8, 4) is 0 Å². The smallest absolute Gasteiger partial charge is 0.254 e. The van der Waals surface area contributed by atoms with Crippen molar-refractivity contribution in [3.63, 3.8) is 0 Å². The third kappa shape index (κ3) is 3.55. The lowest BCUT2D eigenvalue weighted by Crippen LogP contribution is -2.32. The number of carbonyl (C=O) groups excluding carboxylic acids is 1. The summed E-state index contributed by atoms with van der Waals surface area (Å²) in [5, 5.41) is 0. The Hall–Kier alpha value is -2.13. The zero-order valence-electron chi connectivity index (χ0n) is 12.9. The van der Waals surface area contributed by atoms with Gasteiger partial charge in [-0.05, 0) is 36.1 Å². The monoisotopic (exact) mass is 295 g/mol. The van der Waals surface area contributed by atoms with Crippen molar-refractivity contribution in [3.05, 3.63) is 71.3 Å². The second-order valence-corrected chi connectivity index (χ2v) is 5.78. The fourth-order valence-corrected chi connectivity index (χ4v) is 2.66. The van der Waals surface area contributed by atoms with Gasteiger partial charge in [0.25, 0.3) is 5.91 Å². The Balaban J connectivity index is 1.79. The maximum atomic E-state index is 12.9. The van der Waals surface area contributed by atoms with Crippen LogP contribution in [0.15, 0.2) is 54.6 Å². The SMILES string of the molecule is COCc1cccc(C(=O)N(Cc2ccccc2)C2CC2)c1. The highest BCUT2D eigenvalue weighted by molar-refractivity contribution is 5.94. The largest absolute Gasteiger partial charge is 0.380 e. The summed E-state index contributed by atoms with van der Waals surface area (Å²) in [7, 11) is 1.67. The summed E-state index contributed by atoms with van der Waals surface area (Å²) in [6, 6.07) is 18.3. The van der Waals surface area contributed by atoms with Gasteiger partial charge in [-0.1, -0.05) is 42.5 Å². The van der Waals surface area contributed by atoms with Crippen LogP contribution in [0.1, 0.15) is 34.3 Å². The second-order valence-electron chi connectivity index (χ2n) is 5.78. The molecule has 0 bridgehead atoms. The third-order valence-corrected chi connectivity index (χ3v) is 3.93. The van der Waals surface area contributed by atoms with E-state index in [0.717, 1.165) is 24.0 Å². The molecular weight excluding hydrogens is 274 g/mol. The Bertz CT molecular complexity index is 635. The number of ether oxygens (including phenoxy) is 1. The van der Waals surface area contributed by atoms with Crippen LogP contribution in [0.25, 0.3) is 0 Å². The lowest BCUT2D eigenvalue weighted by atomic mass is 10.1. The molecule has 0 heterocycles. The molecule has 3 rings (SSSR count). The fourth-order valence-electron chi connectivity index (χ4n) is 2.66. The topological polar surface area (TPSA) is 29.5 Å². The van der Waals surface area contributed by atoms with E-state index >= 15 is 0 Å². The Morgan fingerprint density at radius 2 is 1.82 bits per heavy atom. The van der Waals surface area contributed by atoms with E-state index in [0.29, 0.717) is 19.2 Å². The van der Waals surface area contributed by atoms with Gasteiger partial charge >= 0.3 is 0 Å². The maximum absolute atomic E-state index is 12.9. The number of nitrogens with zero attached hydrogens (tertiary/aromatic N) is 1. The lowest BCUT2D eigenvalue weighted by Gasteiger charge is -2.23. The van der Waals surface area contributed by atoms with Crippen molar-refractivity contribution in [1.82, 2.24) is 4.90 Å². The Labute approximate surface area is 131 Å². The van der Waals surface area contributed by atoms with E-state index in [1.54, 1.807) is 7.11 Å². The van der Waals surface area contributed by atoms with Crippen molar-refractivity contribution in [2.24, 2.45) is 0 Å². The molecule has 114 valence electrons. The number of hydrogen-bond donors (Lipinski definition) is 0. The molecule has 0 spiro atoms. The Morgan fingerprint density at radius 1 is 1.09 bits per heavy atom. The molecule has 1 aliphatic rings. The van der Waals surface area contributed by atoms with E-state index in [1.807, 2.05) is 47.4 Å². The molecule has 0 N–H and O–H groups in total. The summed E-state index contributed by atoms with van der Waals surface area (Å²) in [4.78, 5) is 14.9. The zero-order valence-corrected chi connectivity index (χ0v) is 12.9. The zero-order chi connectivity index (χ0) is 15.4. The summed E-state index contributed by atoms with van der Waals surface area (Å²) in [5.41, 5.74) is 2.96. The number of hydrogen-bond acceptors (Lipinski definition) is 2. The highest BCUT2D eigenvalue weighted by Crippen LogP contribution is 2.30. The molecule has 3 nitrogen and oxygen atoms in total. The predicted molar refractivity (Wildman–Crippen MR) is 86.5 cm³/mol. The van der Waals surface area contributed by atoms with Crippen LogP contribution in [0.2, 0.25) is 0 Å². The molecular formula is C19H21NO2. The number of methoxy groups -OCH3 is 1. The first kappa shape index (κ1) is 14.8. The van der Waals surface area contributed by atoms with Gasteiger partial charge in [-0.25, -0.2) is 0 Å². The molecule has 0 atom stereocenters. The molecule has 0 aromatic heterocycles. The van der Waals surface area contributed by atoms with Crippen LogP contribution < -0.4 is 0 Å². The summed E-state index contributed by atoms with van der Waals surface area (Å²) >= 11 is 0. The molecule has 22 heavy (non-hydrogen) atoms. The molecule has 1 amide bonds. The number of benzene rings is 2. The summed E-state index contributed by atoms with van der Waals surface area (Å²) in [5.74, 6) is 0.115. The lowest BCUT2D eigenvalue weighted by molar-refractivity contribution is 0.0729. The molecule has 2 aromatic rings. The fraction of sp³-hybridized carbons (Fsp3) is 0.316. The first-order valence-electron chi connectivity index (χ1n) is 7.70. The summed E-state index contributed by atoms with van der Waals surface area (Å²) in [6.07, 6.45) is 2.21. The molecule has 1 fully saturated rings. The third-order valence-electron chi connectivity index (χ3n) is 3.93. The van der Waals surface area contributed by atoms with Gasteiger partial charge in [-0.3, -0.25) is 4.79 Å². The molecule has 3 heteroatoms. The van der Waals surface area contributed by atoms with E-state index in [9.17, 15) is 4.79 Å². The molecule has 0 saturated heterocycles. The minimum Gasteiger partial charge on any atom is -0.380 e. The molecule has 0 unspecified atom stereocenters. The molecule has 1 saturated carbocycles. The molecule has 2 aromatic carbocycles. The van der Waals surface area contributed by atoms with Crippen molar-refractivity contribution in [2.45, 2.75) is 32.0 Å². The highest BCUT2D eigenvalue weighted by Gasteiger charge is 2.33. The van der Waals surface area contributed by atoms with Gasteiger partial charge in [0.05, 0.1) is 6.61 Å². The number of amides is 1. The van der Waals surface area contributed by atoms with Crippen molar-refractivity contribution in [1.29, 1.82) is 0 Å². The van der Waals surface area contributed by atoms with Crippen LogP contribution in [0.3, 0.4) is 0 Å². The predicted octanol–water partition coefficient (Wildman–Crippen LogP) is 3.64. The molecule has 0 aliphatic heterocycles. The number of carbonyl (C=O) groups is 1. The van der Waals surface area contributed by atoms with Crippen LogP contribution in [0.4, 0.5) is 0 Å². The average Bonchev–Trinajstić information content (AvgIpc) is 3.38. The quantitative estimate of drug-likeness (QED) is 0.814. The van der Waals surface area contributed by atoms with Crippen molar-refractivity contribution >= 4 is 5.91 Å². The van der Waals surface area contributed by atoms with Crippen LogP contribution in [0.5, 0.6) is 0 Å². The van der Waals surface area contributed by atoms with Crippen molar-refractivity contribution in [2.75, 3.05) is 7.11 Å². The Morgan fingerprint density at radius 3 is 2.50 bits per heavy atom. The normalized spacial score (nSPS) is 13.9. The average molecular weight is 295 g/mol. The molecule has 0 radical (unpaired) electrons. The van der Waals surface area contributed by atoms with Crippen molar-refractivity contribution < 1.29 is 9.53 Å². The van der Waals surface area contributed by atoms with E-state index in [-0.39, 0.29) is 5.91 Å². The van der Waals surface area contributed by atoms with Crippen LogP contribution in [-0.2, 0) is 17.9 Å². The van der Waals surface area contributed by atoms with Gasteiger partial charge < -0.3 is 9.64 Å². The number of rotatable bonds is 6. The van der Waals surface area contributed by atoms with E-state index in [4.69, 9.17) is 4.74 Å². The van der Waals surface area contributed by atoms with Gasteiger partial charge in [-0.2, -0.15) is 0 Å². The van der Waals surface area contributed by atoms with Gasteiger partial charge in [0.1, 0.15) is 0 Å². The minimum absolute atomic E-state index is 0.115. The molecule has 1 aliphatic carbocycles. The van der Waals surface area contributed by atoms with Crippen LogP contribution >= 0.6 is 0 Å². The maximum Gasteiger partial charge on any atom is 0.254 e. The van der Waals surface area contributed by atoms with Crippen LogP contribution in [-0.4, -0.2) is 24.0 Å². The minimum atomic E-state index is 0.115. The standard InChI is InChI=1S/C19H21NO2/c1-22-14-16-8-5-9-17(12-16)19(21)20(18-10-11-18)13-15-6-3-2-4-7-15/h2-9,12,18H,10-11,13-14H2,1H3. The first-order chi connectivity index (χ1) is 10.8. The summed E-state index contributed by atoms with van der Waals surface area (Å²) in [6.45, 7) is 1.21. The van der Waals surface area contributed by atoms with Gasteiger partial charge in [0.15, 0.2) is 0 Å². The van der Waals surface area contributed by atoms with E-state index in [2.05, 4.69) is 12.1 Å². The van der Waals surface area contributed by atoms with Gasteiger partial charge in [0, 0.05) is 25.3 Å². The van der Waals surface area contributed by atoms with Crippen LogP contribution in [0, 0.1) is 0 Å². The highest BCUT2D eigenvalue weighted by atomic mass is 16.5. The summed E-state index contributed by atoms with van der Waals surface area (Å²) < 4.78 is 5.15. The first-order valence-corrected chi connectivity index (χ1v) is 7.70. The Kier molecular flexibility index (Phi) is 4.54. The van der Waals surface area contributed by atoms with E-state index in [1.165, 1.54) is 5.56 Å².